The van der Waals surface area contributed by atoms with Gasteiger partial charge in [0.2, 0.25) is 11.8 Å². The molecule has 3 fully saturated rings. The van der Waals surface area contributed by atoms with Gasteiger partial charge in [-0.1, -0.05) is 66.2 Å². The number of aliphatic hydroxyl groups excluding tert-OH is 1. The van der Waals surface area contributed by atoms with Crippen LogP contribution in [0.1, 0.15) is 25.8 Å². The SMILES string of the molecule is C=CCN(Cc1ccccc1)C(=O)[C@@H]1N([C@@H](CO)C(C)C)C(=O)[C@H]2[C@H](C(=O)O)[C@H]3O[C@@]12CC3Br. The first-order chi connectivity index (χ1) is 16.2. The molecular formula is C25H31BrN2O6. The molecule has 7 atom stereocenters. The zero-order chi connectivity index (χ0) is 24.8. The quantitative estimate of drug-likeness (QED) is 0.371. The van der Waals surface area contributed by atoms with Crippen molar-refractivity contribution >= 4 is 33.7 Å². The molecule has 2 amide bonds. The number of hydrogen-bond donors (Lipinski definition) is 2. The molecule has 1 aromatic carbocycles. The van der Waals surface area contributed by atoms with Gasteiger partial charge in [0.25, 0.3) is 0 Å². The molecule has 0 aromatic heterocycles. The summed E-state index contributed by atoms with van der Waals surface area (Å²) >= 11 is 3.55. The fourth-order valence-electron chi connectivity index (χ4n) is 5.97. The number of halogens is 1. The van der Waals surface area contributed by atoms with Crippen LogP contribution in [0.3, 0.4) is 0 Å². The number of aliphatic hydroxyl groups is 1. The number of carbonyl (C=O) groups is 3. The zero-order valence-electron chi connectivity index (χ0n) is 19.3. The molecule has 34 heavy (non-hydrogen) atoms. The highest BCUT2D eigenvalue weighted by molar-refractivity contribution is 9.09. The van der Waals surface area contributed by atoms with Gasteiger partial charge in [-0.05, 0) is 17.9 Å². The molecular weight excluding hydrogens is 504 g/mol. The van der Waals surface area contributed by atoms with E-state index in [1.54, 1.807) is 11.0 Å². The summed E-state index contributed by atoms with van der Waals surface area (Å²) in [4.78, 5) is 43.0. The summed E-state index contributed by atoms with van der Waals surface area (Å²) in [5.74, 6) is -4.06. The molecule has 9 heteroatoms. The van der Waals surface area contributed by atoms with Gasteiger partial charge >= 0.3 is 5.97 Å². The van der Waals surface area contributed by atoms with Crippen LogP contribution in [0.2, 0.25) is 0 Å². The minimum Gasteiger partial charge on any atom is -0.481 e. The second kappa shape index (κ2) is 9.43. The van der Waals surface area contributed by atoms with Crippen molar-refractivity contribution in [3.05, 3.63) is 48.6 Å². The topological polar surface area (TPSA) is 107 Å². The third-order valence-electron chi connectivity index (χ3n) is 7.44. The number of ether oxygens (including phenoxy) is 1. The van der Waals surface area contributed by atoms with E-state index in [2.05, 4.69) is 22.5 Å². The number of carboxylic acids is 1. The predicted octanol–water partition coefficient (Wildman–Crippen LogP) is 2.05. The number of fused-ring (bicyclic) bond motifs is 1. The Morgan fingerprint density at radius 3 is 2.59 bits per heavy atom. The highest BCUT2D eigenvalue weighted by Crippen LogP contribution is 2.60. The molecule has 1 unspecified atom stereocenters. The van der Waals surface area contributed by atoms with E-state index in [9.17, 15) is 24.6 Å². The first-order valence-corrected chi connectivity index (χ1v) is 12.5. The molecule has 8 nitrogen and oxygen atoms in total. The molecule has 4 rings (SSSR count). The number of hydrogen-bond acceptors (Lipinski definition) is 5. The van der Waals surface area contributed by atoms with Crippen LogP contribution in [0, 0.1) is 17.8 Å². The largest absolute Gasteiger partial charge is 0.481 e. The molecule has 1 aromatic rings. The van der Waals surface area contributed by atoms with E-state index in [1.165, 1.54) is 4.90 Å². The molecule has 0 aliphatic carbocycles. The molecule has 184 valence electrons. The van der Waals surface area contributed by atoms with Crippen LogP contribution in [0.4, 0.5) is 0 Å². The van der Waals surface area contributed by atoms with Crippen molar-refractivity contribution in [2.75, 3.05) is 13.2 Å². The van der Waals surface area contributed by atoms with Crippen molar-refractivity contribution < 1.29 is 29.3 Å². The standard InChI is InChI=1S/C25H31BrN2O6/c1-4-10-27(12-15-8-6-5-7-9-15)23(31)21-25-11-16(26)20(34-25)18(24(32)33)19(25)22(30)28(21)17(13-29)14(2)3/h4-9,14,16-21,29H,1,10-13H2,2-3H3,(H,32,33)/t16?,17-,18-,19+,20-,21-,25+/m0/s1. The monoisotopic (exact) mass is 534 g/mol. The van der Waals surface area contributed by atoms with Gasteiger partial charge in [-0.25, -0.2) is 0 Å². The van der Waals surface area contributed by atoms with Gasteiger partial charge in [-0.15, -0.1) is 6.58 Å². The van der Waals surface area contributed by atoms with Crippen LogP contribution in [0.15, 0.2) is 43.0 Å². The summed E-state index contributed by atoms with van der Waals surface area (Å²) in [6.07, 6.45) is 1.27. The third kappa shape index (κ3) is 3.78. The lowest BCUT2D eigenvalue weighted by Crippen LogP contribution is -2.59. The van der Waals surface area contributed by atoms with Gasteiger partial charge in [0, 0.05) is 17.9 Å². The van der Waals surface area contributed by atoms with Crippen molar-refractivity contribution in [2.45, 2.75) is 55.4 Å². The normalized spacial score (nSPS) is 32.7. The second-order valence-corrected chi connectivity index (χ2v) is 10.9. The molecule has 3 saturated heterocycles. The van der Waals surface area contributed by atoms with Crippen LogP contribution in [-0.2, 0) is 25.7 Å². The number of benzene rings is 1. The van der Waals surface area contributed by atoms with Gasteiger partial charge < -0.3 is 24.7 Å². The molecule has 0 saturated carbocycles. The Balaban J connectivity index is 1.80. The van der Waals surface area contributed by atoms with Gasteiger partial charge in [0.1, 0.15) is 11.6 Å². The number of carbonyl (C=O) groups excluding carboxylic acids is 2. The minimum absolute atomic E-state index is 0.151. The highest BCUT2D eigenvalue weighted by Gasteiger charge is 2.77. The van der Waals surface area contributed by atoms with Gasteiger partial charge in [0.05, 0.1) is 30.6 Å². The average molecular weight is 535 g/mol. The number of rotatable bonds is 9. The van der Waals surface area contributed by atoms with Crippen LogP contribution in [0.5, 0.6) is 0 Å². The molecule has 3 aliphatic rings. The van der Waals surface area contributed by atoms with E-state index in [-0.39, 0.29) is 29.8 Å². The molecule has 0 radical (unpaired) electrons. The summed E-state index contributed by atoms with van der Waals surface area (Å²) in [6, 6.07) is 7.82. The van der Waals surface area contributed by atoms with Crippen LogP contribution in [-0.4, -0.2) is 79.6 Å². The van der Waals surface area contributed by atoms with E-state index in [1.807, 2.05) is 44.2 Å². The number of carboxylic acid groups (broad SMARTS) is 1. The van der Waals surface area contributed by atoms with Crippen molar-refractivity contribution in [3.8, 4) is 0 Å². The van der Waals surface area contributed by atoms with Crippen LogP contribution >= 0.6 is 15.9 Å². The maximum atomic E-state index is 14.2. The Hall–Kier alpha value is -2.23. The molecule has 2 bridgehead atoms. The lowest BCUT2D eigenvalue weighted by atomic mass is 9.70. The van der Waals surface area contributed by atoms with E-state index >= 15 is 0 Å². The fourth-order valence-corrected chi connectivity index (χ4v) is 6.91. The summed E-state index contributed by atoms with van der Waals surface area (Å²) in [6.45, 7) is 7.75. The summed E-state index contributed by atoms with van der Waals surface area (Å²) < 4.78 is 6.31. The summed E-state index contributed by atoms with van der Waals surface area (Å²) in [5, 5.41) is 20.2. The Kier molecular flexibility index (Phi) is 6.90. The third-order valence-corrected chi connectivity index (χ3v) is 8.28. The predicted molar refractivity (Wildman–Crippen MR) is 128 cm³/mol. The molecule has 3 aliphatic heterocycles. The van der Waals surface area contributed by atoms with Crippen molar-refractivity contribution in [1.82, 2.24) is 9.80 Å². The van der Waals surface area contributed by atoms with E-state index in [0.717, 1.165) is 5.56 Å². The lowest BCUT2D eigenvalue weighted by Gasteiger charge is -2.40. The number of likely N-dealkylation sites (tertiary alicyclic amines) is 1. The summed E-state index contributed by atoms with van der Waals surface area (Å²) in [7, 11) is 0. The number of amides is 2. The smallest absolute Gasteiger partial charge is 0.310 e. The van der Waals surface area contributed by atoms with Gasteiger partial charge in [-0.2, -0.15) is 0 Å². The van der Waals surface area contributed by atoms with Gasteiger partial charge in [0.15, 0.2) is 0 Å². The van der Waals surface area contributed by atoms with E-state index < -0.39 is 47.5 Å². The first-order valence-electron chi connectivity index (χ1n) is 11.6. The Morgan fingerprint density at radius 1 is 1.35 bits per heavy atom. The molecule has 1 spiro atoms. The van der Waals surface area contributed by atoms with Crippen molar-refractivity contribution in [3.63, 3.8) is 0 Å². The van der Waals surface area contributed by atoms with Crippen molar-refractivity contribution in [1.29, 1.82) is 0 Å². The summed E-state index contributed by atoms with van der Waals surface area (Å²) in [5.41, 5.74) is -0.349. The Morgan fingerprint density at radius 2 is 2.03 bits per heavy atom. The average Bonchev–Trinajstić information content (AvgIpc) is 3.38. The number of alkyl halides is 1. The number of aliphatic carboxylic acids is 1. The van der Waals surface area contributed by atoms with Crippen LogP contribution in [0.25, 0.3) is 0 Å². The molecule has 2 N–H and O–H groups in total. The second-order valence-electron chi connectivity index (χ2n) is 9.73. The maximum Gasteiger partial charge on any atom is 0.310 e. The lowest BCUT2D eigenvalue weighted by molar-refractivity contribution is -0.154. The zero-order valence-corrected chi connectivity index (χ0v) is 20.9. The molecule has 3 heterocycles. The van der Waals surface area contributed by atoms with Gasteiger partial charge in [-0.3, -0.25) is 14.4 Å². The van der Waals surface area contributed by atoms with E-state index in [0.29, 0.717) is 13.0 Å². The highest BCUT2D eigenvalue weighted by atomic mass is 79.9. The number of nitrogens with zero attached hydrogens (tertiary/aromatic N) is 2. The minimum atomic E-state index is -1.27. The first kappa shape index (κ1) is 24.9. The fraction of sp³-hybridized carbons (Fsp3) is 0.560. The Labute approximate surface area is 207 Å². The van der Waals surface area contributed by atoms with Crippen molar-refractivity contribution in [2.24, 2.45) is 17.8 Å². The Bertz CT molecular complexity index is 971. The van der Waals surface area contributed by atoms with E-state index in [4.69, 9.17) is 4.74 Å². The maximum absolute atomic E-state index is 14.2. The van der Waals surface area contributed by atoms with Crippen LogP contribution < -0.4 is 0 Å².